The van der Waals surface area contributed by atoms with Crippen molar-refractivity contribution < 1.29 is 0 Å². The minimum absolute atomic E-state index is 1.08. The average Bonchev–Trinajstić information content (AvgIpc) is 3.88. The first kappa shape index (κ1) is 49.4. The van der Waals surface area contributed by atoms with E-state index in [4.69, 9.17) is 0 Å². The first-order valence-electron chi connectivity index (χ1n) is 27.7. The second kappa shape index (κ2) is 22.0. The molecule has 1 heterocycles. The van der Waals surface area contributed by atoms with Gasteiger partial charge in [-0.25, -0.2) is 0 Å². The largest absolute Gasteiger partial charge is 0.310 e. The average molecular weight is 1030 g/mol. The Kier molecular flexibility index (Phi) is 13.6. The zero-order valence-electron chi connectivity index (χ0n) is 45.0. The van der Waals surface area contributed by atoms with E-state index >= 15 is 0 Å². The molecule has 0 amide bonds. The monoisotopic (exact) mass is 1030 g/mol. The highest BCUT2D eigenvalue weighted by molar-refractivity contribution is 6.11. The first-order valence-corrected chi connectivity index (χ1v) is 27.7. The molecule has 0 radical (unpaired) electrons. The van der Waals surface area contributed by atoms with Gasteiger partial charge >= 0.3 is 0 Å². The summed E-state index contributed by atoms with van der Waals surface area (Å²) in [5.41, 5.74) is 20.0. The lowest BCUT2D eigenvalue weighted by Gasteiger charge is -2.27. The Morgan fingerprint density at radius 1 is 0.287 bits per heavy atom. The van der Waals surface area contributed by atoms with Crippen molar-refractivity contribution in [3.05, 3.63) is 321 Å². The van der Waals surface area contributed by atoms with Gasteiger partial charge in [0.2, 0.25) is 0 Å². The van der Waals surface area contributed by atoms with Crippen molar-refractivity contribution in [2.75, 3.05) is 9.80 Å². The van der Waals surface area contributed by atoms with Crippen LogP contribution in [0.4, 0.5) is 34.1 Å². The quantitative estimate of drug-likeness (QED) is 0.128. The van der Waals surface area contributed by atoms with E-state index in [0.29, 0.717) is 0 Å². The molecule has 0 saturated heterocycles. The van der Waals surface area contributed by atoms with Crippen molar-refractivity contribution in [2.45, 2.75) is 20.3 Å². The van der Waals surface area contributed by atoms with E-state index in [-0.39, 0.29) is 0 Å². The molecule has 0 atom stereocenters. The summed E-state index contributed by atoms with van der Waals surface area (Å²) in [7, 11) is 0. The molecule has 0 bridgehead atoms. The summed E-state index contributed by atoms with van der Waals surface area (Å²) in [5, 5.41) is 7.25. The molecule has 0 saturated carbocycles. The summed E-state index contributed by atoms with van der Waals surface area (Å²) >= 11 is 0. The number of benzene rings is 13. The van der Waals surface area contributed by atoms with Gasteiger partial charge in [0.05, 0.1) is 16.7 Å². The minimum Gasteiger partial charge on any atom is -0.310 e. The molecule has 0 N–H and O–H groups in total. The van der Waals surface area contributed by atoms with Gasteiger partial charge in [-0.15, -0.1) is 0 Å². The van der Waals surface area contributed by atoms with Crippen LogP contribution in [0.1, 0.15) is 18.1 Å². The highest BCUT2D eigenvalue weighted by atomic mass is 15.1. The number of nitrogens with zero attached hydrogens (tertiary/aromatic N) is 3. The van der Waals surface area contributed by atoms with Crippen molar-refractivity contribution >= 4 is 77.5 Å². The fraction of sp³-hybridized carbons (Fsp3) is 0.0390. The van der Waals surface area contributed by atoms with Gasteiger partial charge in [0.1, 0.15) is 0 Å². The zero-order valence-corrected chi connectivity index (χ0v) is 45.0. The lowest BCUT2D eigenvalue weighted by molar-refractivity contribution is 1.11. The van der Waals surface area contributed by atoms with Gasteiger partial charge in [0.25, 0.3) is 0 Å². The van der Waals surface area contributed by atoms with Crippen LogP contribution in [0.3, 0.4) is 0 Å². The van der Waals surface area contributed by atoms with Crippen LogP contribution in [0.15, 0.2) is 309 Å². The number of anilines is 6. The van der Waals surface area contributed by atoms with Crippen molar-refractivity contribution in [3.8, 4) is 39.1 Å². The number of fused-ring (bicyclic) bond motifs is 5. The third kappa shape index (κ3) is 9.78. The van der Waals surface area contributed by atoms with Crippen LogP contribution in [0, 0.1) is 6.92 Å². The van der Waals surface area contributed by atoms with Gasteiger partial charge in [-0.05, 0) is 165 Å². The molecule has 3 nitrogen and oxygen atoms in total. The van der Waals surface area contributed by atoms with E-state index in [1.807, 2.05) is 0 Å². The molecule has 0 fully saturated rings. The van der Waals surface area contributed by atoms with Crippen LogP contribution in [-0.2, 0) is 6.42 Å². The molecule has 0 aliphatic heterocycles. The van der Waals surface area contributed by atoms with Crippen molar-refractivity contribution in [1.29, 1.82) is 0 Å². The Morgan fingerprint density at radius 2 is 0.775 bits per heavy atom. The molecule has 3 heteroatoms. The predicted octanol–water partition coefficient (Wildman–Crippen LogP) is 21.6. The number of para-hydroxylation sites is 1. The molecular formula is C77H59N3. The molecule has 13 aromatic carbocycles. The molecule has 0 unspecified atom stereocenters. The normalized spacial score (nSPS) is 11.2. The number of hydrogen-bond acceptors (Lipinski definition) is 2. The van der Waals surface area contributed by atoms with Crippen LogP contribution in [0.2, 0.25) is 0 Å². The van der Waals surface area contributed by atoms with Crippen LogP contribution in [0.25, 0.3) is 82.4 Å². The fourth-order valence-electron chi connectivity index (χ4n) is 11.5. The fourth-order valence-corrected chi connectivity index (χ4v) is 11.5. The summed E-state index contributed by atoms with van der Waals surface area (Å²) in [6.45, 7) is 4.33. The number of aryl methyl sites for hydroxylation is 2. The highest BCUT2D eigenvalue weighted by Crippen LogP contribution is 2.44. The third-order valence-electron chi connectivity index (χ3n) is 15.6. The zero-order chi connectivity index (χ0) is 53.8. The molecule has 382 valence electrons. The molecular weight excluding hydrogens is 967 g/mol. The maximum atomic E-state index is 2.42. The Morgan fingerprint density at radius 3 is 1.48 bits per heavy atom. The van der Waals surface area contributed by atoms with Crippen LogP contribution < -0.4 is 9.80 Å². The van der Waals surface area contributed by atoms with E-state index in [9.17, 15) is 0 Å². The topological polar surface area (TPSA) is 11.4 Å². The lowest BCUT2D eigenvalue weighted by atomic mass is 10.0. The number of aromatic nitrogens is 1. The molecule has 0 aliphatic carbocycles. The second-order valence-electron chi connectivity index (χ2n) is 20.5. The molecule has 14 aromatic rings. The first-order chi connectivity index (χ1) is 39.5. The van der Waals surface area contributed by atoms with Gasteiger partial charge in [-0.1, -0.05) is 225 Å². The van der Waals surface area contributed by atoms with E-state index in [1.54, 1.807) is 0 Å². The summed E-state index contributed by atoms with van der Waals surface area (Å²) < 4.78 is 2.41. The van der Waals surface area contributed by atoms with Crippen molar-refractivity contribution in [3.63, 3.8) is 0 Å². The Labute approximate surface area is 469 Å². The summed E-state index contributed by atoms with van der Waals surface area (Å²) in [4.78, 5) is 4.78. The Bertz CT molecular complexity index is 4460. The highest BCUT2D eigenvalue weighted by Gasteiger charge is 2.20. The summed E-state index contributed by atoms with van der Waals surface area (Å²) in [6, 6.07) is 112. The third-order valence-corrected chi connectivity index (χ3v) is 15.6. The predicted molar refractivity (Wildman–Crippen MR) is 342 cm³/mol. The molecule has 0 spiro atoms. The summed E-state index contributed by atoms with van der Waals surface area (Å²) in [6.07, 6.45) is 1.15. The molecule has 0 aliphatic rings. The maximum absolute atomic E-state index is 2.42. The number of hydrogen-bond donors (Lipinski definition) is 0. The Balaban J connectivity index is 0.000000614. The summed E-state index contributed by atoms with van der Waals surface area (Å²) in [5.74, 6) is 0. The van der Waals surface area contributed by atoms with Crippen molar-refractivity contribution in [1.82, 2.24) is 4.57 Å². The van der Waals surface area contributed by atoms with Gasteiger partial charge in [0, 0.05) is 50.3 Å². The minimum atomic E-state index is 1.08. The molecule has 1 aromatic heterocycles. The SMILES string of the molecule is CCc1ccccc1C.c1ccc(-c2cccc(N(c3ccc(-c4ccc(N(c5ccc6c(c5)c5ccccc5n6-c5cccc(-c6ccccc6)c5)c5cccc6ccccc56)cc4)cc3)c3ccc4ccccc4c3)c2)cc1. The lowest BCUT2D eigenvalue weighted by Crippen LogP contribution is -2.10. The van der Waals surface area contributed by atoms with Gasteiger partial charge in [-0.2, -0.15) is 0 Å². The molecule has 80 heavy (non-hydrogen) atoms. The van der Waals surface area contributed by atoms with Gasteiger partial charge in [-0.3, -0.25) is 0 Å². The van der Waals surface area contributed by atoms with Crippen LogP contribution in [-0.4, -0.2) is 4.57 Å². The standard InChI is InChI=1S/C68H47N3.C9H12/c1-3-16-48(17-4-1)55-24-13-26-59(44-55)69(61-41-36-50-20-7-8-22-54(50)46-61)57-37-32-51(33-38-57)52-34-39-58(40-35-52)70(66-31-15-23-53-21-9-10-28-63(53)66)62-42-43-68-65(47-62)64-29-11-12-30-67(64)71(68)60-27-14-25-56(45-60)49-18-5-2-6-19-49;1-3-9-7-5-4-6-8(9)2/h1-47H;4-7H,3H2,1-2H3. The number of rotatable bonds is 11. The second-order valence-corrected chi connectivity index (χ2v) is 20.5. The Hall–Kier alpha value is -10.2. The van der Waals surface area contributed by atoms with E-state index in [0.717, 1.165) is 57.4 Å². The van der Waals surface area contributed by atoms with E-state index < -0.39 is 0 Å². The maximum Gasteiger partial charge on any atom is 0.0542 e. The van der Waals surface area contributed by atoms with Crippen LogP contribution >= 0.6 is 0 Å². The van der Waals surface area contributed by atoms with E-state index in [1.165, 1.54) is 76.7 Å². The van der Waals surface area contributed by atoms with Gasteiger partial charge in [0.15, 0.2) is 0 Å². The van der Waals surface area contributed by atoms with Gasteiger partial charge < -0.3 is 14.4 Å². The molecule has 14 rings (SSSR count). The van der Waals surface area contributed by atoms with E-state index in [2.05, 4.69) is 338 Å². The van der Waals surface area contributed by atoms with Crippen LogP contribution in [0.5, 0.6) is 0 Å². The smallest absolute Gasteiger partial charge is 0.0542 e. The van der Waals surface area contributed by atoms with Crippen molar-refractivity contribution in [2.24, 2.45) is 0 Å².